The normalized spacial score (nSPS) is 12.8. The number of benzene rings is 1. The second-order valence-corrected chi connectivity index (χ2v) is 10.4. The van der Waals surface area contributed by atoms with E-state index in [4.69, 9.17) is 4.98 Å². The van der Waals surface area contributed by atoms with Gasteiger partial charge in [-0.25, -0.2) is 4.98 Å². The number of thiazole rings is 1. The lowest BCUT2D eigenvalue weighted by atomic mass is 9.85. The summed E-state index contributed by atoms with van der Waals surface area (Å²) >= 11 is 1.77. The molecule has 2 aliphatic rings. The molecule has 1 nitrogen and oxygen atoms in total. The average Bonchev–Trinajstić information content (AvgIpc) is 3.09. The fraction of sp³-hybridized carbons (Fsp3) is 0.320. The van der Waals surface area contributed by atoms with E-state index in [0.29, 0.717) is 0 Å². The molecule has 0 amide bonds. The van der Waals surface area contributed by atoms with Crippen LogP contribution in [0.1, 0.15) is 52.7 Å². The predicted octanol–water partition coefficient (Wildman–Crippen LogP) is 7.66. The molecule has 2 aliphatic carbocycles. The summed E-state index contributed by atoms with van der Waals surface area (Å²) in [6.45, 7) is 13.8. The molecule has 2 aromatic rings. The summed E-state index contributed by atoms with van der Waals surface area (Å²) in [5.41, 5.74) is 8.05. The third-order valence-corrected chi connectivity index (χ3v) is 6.24. The van der Waals surface area contributed by atoms with E-state index >= 15 is 0 Å². The first-order chi connectivity index (χ1) is 12.6. The average molecular weight is 374 g/mol. The predicted molar refractivity (Wildman–Crippen MR) is 119 cm³/mol. The Morgan fingerprint density at radius 2 is 1.37 bits per heavy atom. The van der Waals surface area contributed by atoms with Gasteiger partial charge in [-0.05, 0) is 51.3 Å². The van der Waals surface area contributed by atoms with E-state index in [1.54, 1.807) is 11.3 Å². The molecule has 0 spiro atoms. The SMILES string of the molecule is CC(C)(C)c1cc(C(C)(C)C)c2cc(-c3nc4ccccc4s3)cccc1-2. The van der Waals surface area contributed by atoms with Gasteiger partial charge in [-0.15, -0.1) is 11.3 Å². The van der Waals surface area contributed by atoms with Crippen LogP contribution in [0.15, 0.2) is 54.6 Å². The van der Waals surface area contributed by atoms with Gasteiger partial charge < -0.3 is 0 Å². The van der Waals surface area contributed by atoms with Crippen LogP contribution in [-0.4, -0.2) is 4.98 Å². The maximum absolute atomic E-state index is 4.88. The fourth-order valence-electron chi connectivity index (χ4n) is 3.75. The Morgan fingerprint density at radius 1 is 0.704 bits per heavy atom. The standard InChI is InChI=1S/C25H27NS/c1-24(2,3)19-15-20(25(4,5)6)18-14-16(10-9-11-17(18)19)23-26-21-12-7-8-13-22(21)27-23/h7-15H,1-6H3. The third kappa shape index (κ3) is 3.27. The van der Waals surface area contributed by atoms with E-state index in [9.17, 15) is 0 Å². The number of hydrogen-bond acceptors (Lipinski definition) is 2. The minimum atomic E-state index is 0.0982. The van der Waals surface area contributed by atoms with Gasteiger partial charge in [0.15, 0.2) is 0 Å². The van der Waals surface area contributed by atoms with Crippen molar-refractivity contribution >= 4 is 21.6 Å². The summed E-state index contributed by atoms with van der Waals surface area (Å²) in [4.78, 5) is 4.88. The summed E-state index contributed by atoms with van der Waals surface area (Å²) in [7, 11) is 0. The zero-order chi connectivity index (χ0) is 19.4. The summed E-state index contributed by atoms with van der Waals surface area (Å²) in [6, 6.07) is 19.8. The Hall–Kier alpha value is -2.19. The molecule has 0 saturated heterocycles. The number of hydrogen-bond donors (Lipinski definition) is 0. The molecule has 1 heterocycles. The van der Waals surface area contributed by atoms with Crippen molar-refractivity contribution in [2.24, 2.45) is 0 Å². The van der Waals surface area contributed by atoms with Crippen LogP contribution < -0.4 is 0 Å². The van der Waals surface area contributed by atoms with E-state index in [-0.39, 0.29) is 10.8 Å². The second-order valence-electron chi connectivity index (χ2n) is 9.41. The number of nitrogens with zero attached hydrogens (tertiary/aromatic N) is 1. The van der Waals surface area contributed by atoms with Crippen molar-refractivity contribution in [2.45, 2.75) is 52.4 Å². The third-order valence-electron chi connectivity index (χ3n) is 5.15. The molecule has 0 radical (unpaired) electrons. The van der Waals surface area contributed by atoms with Gasteiger partial charge in [0.05, 0.1) is 10.2 Å². The Morgan fingerprint density at radius 3 is 2.04 bits per heavy atom. The molecule has 0 bridgehead atoms. The minimum Gasteiger partial charge on any atom is -0.236 e. The van der Waals surface area contributed by atoms with Crippen molar-refractivity contribution < 1.29 is 0 Å². The smallest absolute Gasteiger partial charge is 0.124 e. The molecule has 0 saturated carbocycles. The van der Waals surface area contributed by atoms with E-state index < -0.39 is 0 Å². The molecule has 0 fully saturated rings. The van der Waals surface area contributed by atoms with Gasteiger partial charge in [-0.3, -0.25) is 0 Å². The molecule has 2 heteroatoms. The molecule has 1 aromatic carbocycles. The van der Waals surface area contributed by atoms with Crippen molar-refractivity contribution in [3.8, 4) is 21.7 Å². The van der Waals surface area contributed by atoms with E-state index in [2.05, 4.69) is 96.1 Å². The highest BCUT2D eigenvalue weighted by atomic mass is 32.1. The Kier molecular flexibility index (Phi) is 4.16. The Bertz CT molecular complexity index is 1060. The summed E-state index contributed by atoms with van der Waals surface area (Å²) in [5, 5.41) is 1.09. The zero-order valence-electron chi connectivity index (χ0n) is 17.1. The number of rotatable bonds is 1. The molecule has 0 atom stereocenters. The molecule has 138 valence electrons. The zero-order valence-corrected chi connectivity index (χ0v) is 17.9. The number of fused-ring (bicyclic) bond motifs is 2. The first kappa shape index (κ1) is 18.2. The van der Waals surface area contributed by atoms with Gasteiger partial charge in [0.25, 0.3) is 0 Å². The van der Waals surface area contributed by atoms with Crippen LogP contribution in [0.4, 0.5) is 0 Å². The van der Waals surface area contributed by atoms with Crippen molar-refractivity contribution in [3.63, 3.8) is 0 Å². The maximum Gasteiger partial charge on any atom is 0.124 e. The van der Waals surface area contributed by atoms with Crippen LogP contribution in [0.3, 0.4) is 0 Å². The van der Waals surface area contributed by atoms with E-state index in [1.165, 1.54) is 32.5 Å². The molecule has 4 rings (SSSR count). The van der Waals surface area contributed by atoms with Gasteiger partial charge in [-0.2, -0.15) is 0 Å². The van der Waals surface area contributed by atoms with E-state index in [1.807, 2.05) is 0 Å². The lowest BCUT2D eigenvalue weighted by Crippen LogP contribution is -2.11. The van der Waals surface area contributed by atoms with Crippen LogP contribution in [0.5, 0.6) is 0 Å². The van der Waals surface area contributed by atoms with Crippen LogP contribution in [-0.2, 0) is 10.8 Å². The van der Waals surface area contributed by atoms with Crippen LogP contribution in [0, 0.1) is 0 Å². The van der Waals surface area contributed by atoms with Crippen LogP contribution in [0.2, 0.25) is 0 Å². The molecule has 0 N–H and O–H groups in total. The lowest BCUT2D eigenvalue weighted by molar-refractivity contribution is 0.581. The molecule has 27 heavy (non-hydrogen) atoms. The lowest BCUT2D eigenvalue weighted by Gasteiger charge is -2.19. The van der Waals surface area contributed by atoms with Crippen molar-refractivity contribution in [3.05, 3.63) is 65.7 Å². The molecule has 1 aromatic heterocycles. The summed E-state index contributed by atoms with van der Waals surface area (Å²) < 4.78 is 1.24. The second kappa shape index (κ2) is 6.17. The van der Waals surface area contributed by atoms with E-state index in [0.717, 1.165) is 10.5 Å². The minimum absolute atomic E-state index is 0.0982. The molecule has 0 aliphatic heterocycles. The fourth-order valence-corrected chi connectivity index (χ4v) is 4.71. The highest BCUT2D eigenvalue weighted by Crippen LogP contribution is 2.44. The van der Waals surface area contributed by atoms with Crippen molar-refractivity contribution in [1.29, 1.82) is 0 Å². The monoisotopic (exact) mass is 373 g/mol. The molecule has 0 unspecified atom stereocenters. The van der Waals surface area contributed by atoms with Gasteiger partial charge in [0.1, 0.15) is 5.01 Å². The first-order valence-corrected chi connectivity index (χ1v) is 10.4. The molecular weight excluding hydrogens is 346 g/mol. The highest BCUT2D eigenvalue weighted by Gasteiger charge is 2.29. The molecular formula is C25H27NS. The largest absolute Gasteiger partial charge is 0.236 e. The topological polar surface area (TPSA) is 12.9 Å². The van der Waals surface area contributed by atoms with Crippen molar-refractivity contribution in [1.82, 2.24) is 4.98 Å². The van der Waals surface area contributed by atoms with Crippen LogP contribution >= 0.6 is 11.3 Å². The van der Waals surface area contributed by atoms with Crippen LogP contribution in [0.25, 0.3) is 31.9 Å². The Balaban J connectivity index is 1.97. The number of para-hydroxylation sites is 1. The summed E-state index contributed by atoms with van der Waals surface area (Å²) in [6.07, 6.45) is 0. The maximum atomic E-state index is 4.88. The quantitative estimate of drug-likeness (QED) is 0.334. The van der Waals surface area contributed by atoms with Crippen molar-refractivity contribution in [2.75, 3.05) is 0 Å². The highest BCUT2D eigenvalue weighted by molar-refractivity contribution is 7.21. The summed E-state index contributed by atoms with van der Waals surface area (Å²) in [5.74, 6) is 0. The van der Waals surface area contributed by atoms with Gasteiger partial charge in [0.2, 0.25) is 0 Å². The van der Waals surface area contributed by atoms with Gasteiger partial charge in [-0.1, -0.05) is 77.9 Å². The first-order valence-electron chi connectivity index (χ1n) is 9.58. The number of aromatic nitrogens is 1. The Labute approximate surface area is 166 Å². The van der Waals surface area contributed by atoms with Gasteiger partial charge >= 0.3 is 0 Å². The van der Waals surface area contributed by atoms with Gasteiger partial charge in [0, 0.05) is 5.56 Å².